The smallest absolute Gasteiger partial charge is 0.255 e. The van der Waals surface area contributed by atoms with Gasteiger partial charge in [0, 0.05) is 24.9 Å². The van der Waals surface area contributed by atoms with E-state index < -0.39 is 0 Å². The highest BCUT2D eigenvalue weighted by molar-refractivity contribution is 5.97. The van der Waals surface area contributed by atoms with Crippen molar-refractivity contribution in [2.75, 3.05) is 13.7 Å². The third-order valence-electron chi connectivity index (χ3n) is 2.84. The number of rotatable bonds is 5. The number of carbonyl (C=O) groups excluding carboxylic acids is 1. The largest absolute Gasteiger partial charge is 0.507 e. The number of nitrogens with zero attached hydrogens (tertiary/aromatic N) is 1. The number of benzene rings is 1. The molecule has 2 rings (SSSR count). The maximum Gasteiger partial charge on any atom is 0.255 e. The number of nitrogens with one attached hydrogen (secondary N) is 1. The zero-order valence-electron chi connectivity index (χ0n) is 11.2. The Hall–Kier alpha value is -2.56. The van der Waals surface area contributed by atoms with Crippen molar-refractivity contribution < 1.29 is 14.6 Å². The van der Waals surface area contributed by atoms with Crippen LogP contribution in [0.4, 0.5) is 0 Å². The van der Waals surface area contributed by atoms with Crippen molar-refractivity contribution in [3.8, 4) is 11.5 Å². The van der Waals surface area contributed by atoms with E-state index >= 15 is 0 Å². The number of aromatic nitrogens is 1. The number of carbonyl (C=O) groups is 1. The zero-order valence-corrected chi connectivity index (χ0v) is 11.2. The van der Waals surface area contributed by atoms with Gasteiger partial charge in [0.1, 0.15) is 11.5 Å². The second-order valence-corrected chi connectivity index (χ2v) is 4.21. The fourth-order valence-corrected chi connectivity index (χ4v) is 1.77. The van der Waals surface area contributed by atoms with Crippen LogP contribution in [0.3, 0.4) is 0 Å². The number of hydrogen-bond acceptors (Lipinski definition) is 4. The number of methoxy groups -OCH3 is 1. The summed E-state index contributed by atoms with van der Waals surface area (Å²) in [6, 6.07) is 10.2. The Morgan fingerprint density at radius 3 is 2.90 bits per heavy atom. The van der Waals surface area contributed by atoms with Gasteiger partial charge >= 0.3 is 0 Å². The molecule has 0 saturated carbocycles. The first-order valence-electron chi connectivity index (χ1n) is 6.26. The van der Waals surface area contributed by atoms with Gasteiger partial charge in [0.15, 0.2) is 0 Å². The molecule has 1 heterocycles. The Morgan fingerprint density at radius 2 is 2.20 bits per heavy atom. The first kappa shape index (κ1) is 13.9. The van der Waals surface area contributed by atoms with E-state index in [4.69, 9.17) is 4.74 Å². The topological polar surface area (TPSA) is 71.5 Å². The molecule has 0 radical (unpaired) electrons. The molecule has 2 aromatic rings. The number of ether oxygens (including phenoxy) is 1. The van der Waals surface area contributed by atoms with Gasteiger partial charge < -0.3 is 15.2 Å². The van der Waals surface area contributed by atoms with Crippen LogP contribution in [0.1, 0.15) is 16.1 Å². The van der Waals surface area contributed by atoms with Gasteiger partial charge in [-0.25, -0.2) is 0 Å². The normalized spacial score (nSPS) is 10.1. The molecule has 0 fully saturated rings. The molecule has 5 nitrogen and oxygen atoms in total. The molecule has 0 aliphatic carbocycles. The third kappa shape index (κ3) is 3.47. The highest BCUT2D eigenvalue weighted by Gasteiger charge is 2.11. The van der Waals surface area contributed by atoms with Gasteiger partial charge in [0.05, 0.1) is 12.7 Å². The van der Waals surface area contributed by atoms with Gasteiger partial charge in [-0.15, -0.1) is 0 Å². The number of aromatic hydroxyl groups is 1. The second-order valence-electron chi connectivity index (χ2n) is 4.21. The minimum atomic E-state index is -0.336. The second kappa shape index (κ2) is 6.56. The van der Waals surface area contributed by atoms with Crippen LogP contribution in [-0.2, 0) is 6.42 Å². The predicted molar refractivity (Wildman–Crippen MR) is 74.9 cm³/mol. The lowest BCUT2D eigenvalue weighted by Crippen LogP contribution is -2.26. The molecular formula is C15H16N2O3. The van der Waals surface area contributed by atoms with E-state index in [-0.39, 0.29) is 17.2 Å². The Bertz CT molecular complexity index is 585. The van der Waals surface area contributed by atoms with Gasteiger partial charge in [-0.05, 0) is 30.3 Å². The first-order chi connectivity index (χ1) is 9.70. The SMILES string of the molecule is COc1ccc(O)c(C(=O)NCCc2ccccn2)c1. The number of phenols is 1. The van der Waals surface area contributed by atoms with Crippen molar-refractivity contribution in [2.24, 2.45) is 0 Å². The average Bonchev–Trinajstić information content (AvgIpc) is 2.48. The summed E-state index contributed by atoms with van der Waals surface area (Å²) in [5, 5.41) is 12.4. The fourth-order valence-electron chi connectivity index (χ4n) is 1.77. The lowest BCUT2D eigenvalue weighted by atomic mass is 10.1. The lowest BCUT2D eigenvalue weighted by molar-refractivity contribution is 0.0951. The summed E-state index contributed by atoms with van der Waals surface area (Å²) in [5.41, 5.74) is 1.10. The van der Waals surface area contributed by atoms with Crippen molar-refractivity contribution in [2.45, 2.75) is 6.42 Å². The van der Waals surface area contributed by atoms with Crippen LogP contribution in [0.15, 0.2) is 42.6 Å². The minimum absolute atomic E-state index is 0.0684. The highest BCUT2D eigenvalue weighted by atomic mass is 16.5. The number of amides is 1. The summed E-state index contributed by atoms with van der Waals surface area (Å²) in [4.78, 5) is 16.1. The Labute approximate surface area is 117 Å². The van der Waals surface area contributed by atoms with E-state index in [0.29, 0.717) is 18.7 Å². The maximum atomic E-state index is 12.0. The standard InChI is InChI=1S/C15H16N2O3/c1-20-12-5-6-14(18)13(10-12)15(19)17-9-7-11-4-2-3-8-16-11/h2-6,8,10,18H,7,9H2,1H3,(H,17,19). The quantitative estimate of drug-likeness (QED) is 0.870. The van der Waals surface area contributed by atoms with Crippen LogP contribution in [0.5, 0.6) is 11.5 Å². The predicted octanol–water partition coefficient (Wildman–Crippen LogP) is 1.77. The Kier molecular flexibility index (Phi) is 4.55. The molecule has 0 aliphatic rings. The van der Waals surface area contributed by atoms with Gasteiger partial charge in [-0.3, -0.25) is 9.78 Å². The van der Waals surface area contributed by atoms with Gasteiger partial charge in [0.2, 0.25) is 0 Å². The van der Waals surface area contributed by atoms with Gasteiger partial charge in [0.25, 0.3) is 5.91 Å². The van der Waals surface area contributed by atoms with Crippen molar-refractivity contribution in [3.05, 3.63) is 53.9 Å². The monoisotopic (exact) mass is 272 g/mol. The maximum absolute atomic E-state index is 12.0. The van der Waals surface area contributed by atoms with Crippen LogP contribution >= 0.6 is 0 Å². The number of pyridine rings is 1. The van der Waals surface area contributed by atoms with E-state index in [9.17, 15) is 9.90 Å². The Morgan fingerprint density at radius 1 is 1.35 bits per heavy atom. The van der Waals surface area contributed by atoms with Crippen molar-refractivity contribution in [1.29, 1.82) is 0 Å². The molecule has 1 amide bonds. The van der Waals surface area contributed by atoms with Crippen LogP contribution in [-0.4, -0.2) is 29.7 Å². The summed E-state index contributed by atoms with van der Waals surface area (Å²) < 4.78 is 5.03. The molecule has 104 valence electrons. The number of hydrogen-bond donors (Lipinski definition) is 2. The van der Waals surface area contributed by atoms with Crippen molar-refractivity contribution in [1.82, 2.24) is 10.3 Å². The van der Waals surface area contributed by atoms with Gasteiger partial charge in [-0.2, -0.15) is 0 Å². The molecule has 2 N–H and O–H groups in total. The van der Waals surface area contributed by atoms with Crippen LogP contribution < -0.4 is 10.1 Å². The summed E-state index contributed by atoms with van der Waals surface area (Å²) in [7, 11) is 1.51. The zero-order chi connectivity index (χ0) is 14.4. The van der Waals surface area contributed by atoms with E-state index in [2.05, 4.69) is 10.3 Å². The van der Waals surface area contributed by atoms with Crippen molar-refractivity contribution >= 4 is 5.91 Å². The molecule has 0 spiro atoms. The molecule has 0 saturated heterocycles. The molecule has 0 atom stereocenters. The third-order valence-corrected chi connectivity index (χ3v) is 2.84. The van der Waals surface area contributed by atoms with E-state index in [1.807, 2.05) is 18.2 Å². The number of phenolic OH excluding ortho intramolecular Hbond substituents is 1. The van der Waals surface area contributed by atoms with Gasteiger partial charge in [-0.1, -0.05) is 6.07 Å². The molecule has 0 unspecified atom stereocenters. The molecular weight excluding hydrogens is 256 g/mol. The molecule has 5 heteroatoms. The van der Waals surface area contributed by atoms with Crippen LogP contribution in [0, 0.1) is 0 Å². The molecule has 1 aromatic heterocycles. The average molecular weight is 272 g/mol. The fraction of sp³-hybridized carbons (Fsp3) is 0.200. The van der Waals surface area contributed by atoms with Crippen LogP contribution in [0.25, 0.3) is 0 Å². The summed E-state index contributed by atoms with van der Waals surface area (Å²) in [5.74, 6) is 0.121. The van der Waals surface area contributed by atoms with E-state index in [1.165, 1.54) is 19.2 Å². The lowest BCUT2D eigenvalue weighted by Gasteiger charge is -2.08. The van der Waals surface area contributed by atoms with Crippen molar-refractivity contribution in [3.63, 3.8) is 0 Å². The highest BCUT2D eigenvalue weighted by Crippen LogP contribution is 2.22. The minimum Gasteiger partial charge on any atom is -0.507 e. The Balaban J connectivity index is 1.95. The molecule has 20 heavy (non-hydrogen) atoms. The summed E-state index contributed by atoms with van der Waals surface area (Å²) >= 11 is 0. The molecule has 1 aromatic carbocycles. The summed E-state index contributed by atoms with van der Waals surface area (Å²) in [6.07, 6.45) is 2.35. The van der Waals surface area contributed by atoms with Crippen LogP contribution in [0.2, 0.25) is 0 Å². The van der Waals surface area contributed by atoms with E-state index in [0.717, 1.165) is 5.69 Å². The molecule has 0 aliphatic heterocycles. The summed E-state index contributed by atoms with van der Waals surface area (Å²) in [6.45, 7) is 0.451. The first-order valence-corrected chi connectivity index (χ1v) is 6.26. The van der Waals surface area contributed by atoms with E-state index in [1.54, 1.807) is 12.3 Å². The molecule has 0 bridgehead atoms.